The first-order valence-electron chi connectivity index (χ1n) is 9.32. The number of hydrogen-bond donors (Lipinski definition) is 2. The lowest BCUT2D eigenvalue weighted by Gasteiger charge is -2.35. The van der Waals surface area contributed by atoms with Gasteiger partial charge in [0.1, 0.15) is 0 Å². The monoisotopic (exact) mass is 360 g/mol. The molecular weight excluding hydrogens is 336 g/mol. The van der Waals surface area contributed by atoms with Crippen molar-refractivity contribution in [2.45, 2.75) is 38.8 Å². The summed E-state index contributed by atoms with van der Waals surface area (Å²) in [6, 6.07) is 14.2. The van der Waals surface area contributed by atoms with Gasteiger partial charge in [-0.05, 0) is 55.0 Å². The zero-order valence-electron chi connectivity index (χ0n) is 15.6. The Hall–Kier alpha value is -3.08. The molecule has 27 heavy (non-hydrogen) atoms. The van der Waals surface area contributed by atoms with Gasteiger partial charge in [0, 0.05) is 18.1 Å². The quantitative estimate of drug-likeness (QED) is 0.720. The summed E-state index contributed by atoms with van der Waals surface area (Å²) in [7, 11) is 0. The molecule has 2 aromatic carbocycles. The van der Waals surface area contributed by atoms with Crippen molar-refractivity contribution in [2.24, 2.45) is 0 Å². The van der Waals surface area contributed by atoms with Gasteiger partial charge in [-0.1, -0.05) is 36.4 Å². The second kappa shape index (κ2) is 7.27. The predicted molar refractivity (Wildman–Crippen MR) is 107 cm³/mol. The van der Waals surface area contributed by atoms with Crippen LogP contribution in [0.1, 0.15) is 40.8 Å². The summed E-state index contributed by atoms with van der Waals surface area (Å²) in [5.74, 6) is 0. The maximum Gasteiger partial charge on any atom is 0.319 e. The van der Waals surface area contributed by atoms with Gasteiger partial charge >= 0.3 is 6.03 Å². The highest BCUT2D eigenvalue weighted by Crippen LogP contribution is 2.37. The number of benzene rings is 2. The summed E-state index contributed by atoms with van der Waals surface area (Å²) in [4.78, 5) is 17.0. The highest BCUT2D eigenvalue weighted by atomic mass is 16.2. The summed E-state index contributed by atoms with van der Waals surface area (Å²) in [6.07, 6.45) is 7.54. The van der Waals surface area contributed by atoms with Crippen LogP contribution < -0.4 is 10.6 Å². The molecule has 0 radical (unpaired) electrons. The molecule has 1 heterocycles. The smallest absolute Gasteiger partial charge is 0.319 e. The molecule has 0 saturated heterocycles. The maximum atomic E-state index is 12.8. The largest absolute Gasteiger partial charge is 0.332 e. The maximum absolute atomic E-state index is 12.8. The first kappa shape index (κ1) is 17.3. The molecule has 5 nitrogen and oxygen atoms in total. The van der Waals surface area contributed by atoms with E-state index in [1.165, 1.54) is 11.1 Å². The van der Waals surface area contributed by atoms with Crippen molar-refractivity contribution >= 4 is 11.7 Å². The Kier molecular flexibility index (Phi) is 4.67. The van der Waals surface area contributed by atoms with Crippen LogP contribution in [-0.2, 0) is 6.42 Å². The van der Waals surface area contributed by atoms with Crippen LogP contribution >= 0.6 is 0 Å². The number of anilines is 1. The van der Waals surface area contributed by atoms with E-state index in [1.807, 2.05) is 50.6 Å². The van der Waals surface area contributed by atoms with Crippen LogP contribution in [0.15, 0.2) is 61.2 Å². The van der Waals surface area contributed by atoms with Crippen LogP contribution in [-0.4, -0.2) is 15.6 Å². The number of carbonyl (C=O) groups is 1. The number of fused-ring (bicyclic) bond motifs is 1. The number of rotatable bonds is 3. The Morgan fingerprint density at radius 2 is 2.00 bits per heavy atom. The average Bonchev–Trinajstić information content (AvgIpc) is 3.20. The lowest BCUT2D eigenvalue weighted by molar-refractivity contribution is 0.239. The summed E-state index contributed by atoms with van der Waals surface area (Å²) >= 11 is 0. The van der Waals surface area contributed by atoms with Crippen molar-refractivity contribution in [3.05, 3.63) is 83.4 Å². The minimum Gasteiger partial charge on any atom is -0.332 e. The van der Waals surface area contributed by atoms with Gasteiger partial charge in [0.25, 0.3) is 0 Å². The highest BCUT2D eigenvalue weighted by molar-refractivity contribution is 5.90. The van der Waals surface area contributed by atoms with E-state index in [1.54, 1.807) is 6.20 Å². The molecule has 0 fully saturated rings. The van der Waals surface area contributed by atoms with Gasteiger partial charge < -0.3 is 15.2 Å². The van der Waals surface area contributed by atoms with E-state index in [2.05, 4.69) is 38.4 Å². The Labute approximate surface area is 159 Å². The number of aryl methyl sites for hydroxylation is 2. The molecule has 0 aliphatic heterocycles. The normalized spacial score (nSPS) is 18.6. The number of imidazole rings is 1. The SMILES string of the molecule is Cc1cccc(NC(=O)N[C@@H]2c3ccccc3CC[C@@H]2n2ccnc2)c1C. The average molecular weight is 360 g/mol. The molecule has 4 rings (SSSR count). The zero-order chi connectivity index (χ0) is 18.8. The lowest BCUT2D eigenvalue weighted by atomic mass is 9.84. The number of carbonyl (C=O) groups excluding carboxylic acids is 1. The van der Waals surface area contributed by atoms with Crippen LogP contribution in [0.3, 0.4) is 0 Å². The molecule has 0 unspecified atom stereocenters. The molecule has 1 aromatic heterocycles. The topological polar surface area (TPSA) is 59.0 Å². The Morgan fingerprint density at radius 1 is 1.15 bits per heavy atom. The number of nitrogens with one attached hydrogen (secondary N) is 2. The van der Waals surface area contributed by atoms with Crippen LogP contribution in [0, 0.1) is 13.8 Å². The van der Waals surface area contributed by atoms with E-state index in [4.69, 9.17) is 0 Å². The Morgan fingerprint density at radius 3 is 2.81 bits per heavy atom. The minimum atomic E-state index is -0.185. The van der Waals surface area contributed by atoms with Crippen LogP contribution in [0.5, 0.6) is 0 Å². The van der Waals surface area contributed by atoms with Gasteiger partial charge in [-0.15, -0.1) is 0 Å². The molecule has 2 amide bonds. The van der Waals surface area contributed by atoms with E-state index in [0.717, 1.165) is 29.7 Å². The number of urea groups is 1. The molecule has 1 aliphatic carbocycles. The third-order valence-electron chi connectivity index (χ3n) is 5.53. The predicted octanol–water partition coefficient (Wildman–Crippen LogP) is 4.55. The van der Waals surface area contributed by atoms with E-state index in [0.29, 0.717) is 0 Å². The van der Waals surface area contributed by atoms with Crippen LogP contribution in [0.4, 0.5) is 10.5 Å². The summed E-state index contributed by atoms with van der Waals surface area (Å²) < 4.78 is 2.10. The fourth-order valence-corrected chi connectivity index (χ4v) is 3.89. The number of aromatic nitrogens is 2. The van der Waals surface area contributed by atoms with Crippen molar-refractivity contribution in [1.29, 1.82) is 0 Å². The molecule has 1 aliphatic rings. The van der Waals surface area contributed by atoms with Gasteiger partial charge in [0.05, 0.1) is 18.4 Å². The van der Waals surface area contributed by atoms with Crippen molar-refractivity contribution in [3.8, 4) is 0 Å². The highest BCUT2D eigenvalue weighted by Gasteiger charge is 2.31. The second-order valence-electron chi connectivity index (χ2n) is 7.14. The first-order valence-corrected chi connectivity index (χ1v) is 9.32. The number of amides is 2. The third kappa shape index (κ3) is 3.45. The zero-order valence-corrected chi connectivity index (χ0v) is 15.6. The van der Waals surface area contributed by atoms with E-state index in [-0.39, 0.29) is 18.1 Å². The summed E-state index contributed by atoms with van der Waals surface area (Å²) in [5.41, 5.74) is 5.56. The molecular formula is C22H24N4O. The van der Waals surface area contributed by atoms with E-state index < -0.39 is 0 Å². The van der Waals surface area contributed by atoms with Gasteiger partial charge in [-0.25, -0.2) is 9.78 Å². The number of nitrogens with zero attached hydrogens (tertiary/aromatic N) is 2. The molecule has 2 N–H and O–H groups in total. The molecule has 0 saturated carbocycles. The first-order chi connectivity index (χ1) is 13.1. The summed E-state index contributed by atoms with van der Waals surface area (Å²) in [5, 5.41) is 6.23. The van der Waals surface area contributed by atoms with Crippen molar-refractivity contribution in [1.82, 2.24) is 14.9 Å². The van der Waals surface area contributed by atoms with Crippen molar-refractivity contribution < 1.29 is 4.79 Å². The summed E-state index contributed by atoms with van der Waals surface area (Å²) in [6.45, 7) is 4.07. The van der Waals surface area contributed by atoms with Gasteiger partial charge in [-0.2, -0.15) is 0 Å². The molecule has 2 atom stereocenters. The molecule has 3 aromatic rings. The number of hydrogen-bond acceptors (Lipinski definition) is 2. The van der Waals surface area contributed by atoms with Crippen LogP contribution in [0.2, 0.25) is 0 Å². The minimum absolute atomic E-state index is 0.103. The lowest BCUT2D eigenvalue weighted by Crippen LogP contribution is -2.39. The van der Waals surface area contributed by atoms with Gasteiger partial charge in [0.15, 0.2) is 0 Å². The van der Waals surface area contributed by atoms with Gasteiger partial charge in [-0.3, -0.25) is 0 Å². The molecule has 138 valence electrons. The fraction of sp³-hybridized carbons (Fsp3) is 0.273. The van der Waals surface area contributed by atoms with Crippen LogP contribution in [0.25, 0.3) is 0 Å². The van der Waals surface area contributed by atoms with Gasteiger partial charge in [0.2, 0.25) is 0 Å². The fourth-order valence-electron chi connectivity index (χ4n) is 3.89. The third-order valence-corrected chi connectivity index (χ3v) is 5.53. The standard InChI is InChI=1S/C22H24N4O/c1-15-6-5-9-19(16(15)2)24-22(27)25-21-18-8-4-3-7-17(18)10-11-20(21)26-13-12-23-14-26/h3-9,12-14,20-21H,10-11H2,1-2H3,(H2,24,25,27)/t20-,21+/m0/s1. The van der Waals surface area contributed by atoms with Crippen molar-refractivity contribution in [3.63, 3.8) is 0 Å². The second-order valence-corrected chi connectivity index (χ2v) is 7.14. The van der Waals surface area contributed by atoms with Crippen molar-refractivity contribution in [2.75, 3.05) is 5.32 Å². The molecule has 0 bridgehead atoms. The molecule has 0 spiro atoms. The van der Waals surface area contributed by atoms with E-state index in [9.17, 15) is 4.79 Å². The Balaban J connectivity index is 1.60. The van der Waals surface area contributed by atoms with E-state index >= 15 is 0 Å². The Bertz CT molecular complexity index is 949. The molecule has 5 heteroatoms.